The van der Waals surface area contributed by atoms with Crippen LogP contribution in [0, 0.1) is 6.92 Å². The minimum absolute atomic E-state index is 0.0834. The summed E-state index contributed by atoms with van der Waals surface area (Å²) in [6.07, 6.45) is 1.49. The van der Waals surface area contributed by atoms with Crippen LogP contribution >= 0.6 is 22.9 Å². The van der Waals surface area contributed by atoms with E-state index in [1.165, 1.54) is 11.3 Å². The molecule has 1 aliphatic rings. The molecule has 1 aliphatic heterocycles. The second-order valence-corrected chi connectivity index (χ2v) is 10.4. The molecule has 0 bridgehead atoms. The van der Waals surface area contributed by atoms with Crippen molar-refractivity contribution in [1.82, 2.24) is 20.0 Å². The zero-order valence-corrected chi connectivity index (χ0v) is 21.9. The molecule has 4 heterocycles. The average molecular weight is 548 g/mol. The van der Waals surface area contributed by atoms with Crippen molar-refractivity contribution in [2.24, 2.45) is 0 Å². The van der Waals surface area contributed by atoms with Gasteiger partial charge in [0.15, 0.2) is 5.58 Å². The van der Waals surface area contributed by atoms with Gasteiger partial charge in [-0.25, -0.2) is 4.98 Å². The van der Waals surface area contributed by atoms with E-state index >= 15 is 0 Å². The average Bonchev–Trinajstić information content (AvgIpc) is 3.67. The maximum Gasteiger partial charge on any atom is 0.302 e. The summed E-state index contributed by atoms with van der Waals surface area (Å²) < 4.78 is 11.0. The second-order valence-electron chi connectivity index (χ2n) is 9.05. The fraction of sp³-hybridized carbons (Fsp3) is 0.222. The Morgan fingerprint density at radius 3 is 2.68 bits per heavy atom. The topological polar surface area (TPSA) is 114 Å². The van der Waals surface area contributed by atoms with Crippen molar-refractivity contribution < 1.29 is 18.5 Å². The highest BCUT2D eigenvalue weighted by Gasteiger charge is 2.31. The SMILES string of the molecule is Cc1onc(-c2ccccc2)c1C(=O)N1CCC(c2nc(C(=O)Nc3nc4cc(Cl)ccc4o3)cs2)CC1. The van der Waals surface area contributed by atoms with Gasteiger partial charge in [-0.15, -0.1) is 11.3 Å². The Morgan fingerprint density at radius 1 is 1.11 bits per heavy atom. The lowest BCUT2D eigenvalue weighted by atomic mass is 9.96. The van der Waals surface area contributed by atoms with E-state index < -0.39 is 5.91 Å². The predicted molar refractivity (Wildman–Crippen MR) is 144 cm³/mol. The molecule has 0 spiro atoms. The van der Waals surface area contributed by atoms with E-state index in [2.05, 4.69) is 20.4 Å². The number of oxazole rings is 1. The number of piperidine rings is 1. The molecule has 0 atom stereocenters. The minimum atomic E-state index is -0.394. The van der Waals surface area contributed by atoms with Crippen LogP contribution in [0.15, 0.2) is 62.9 Å². The minimum Gasteiger partial charge on any atom is -0.423 e. The summed E-state index contributed by atoms with van der Waals surface area (Å²) in [6.45, 7) is 2.92. The van der Waals surface area contributed by atoms with Crippen molar-refractivity contribution in [3.8, 4) is 11.3 Å². The lowest BCUT2D eigenvalue weighted by Crippen LogP contribution is -2.38. The van der Waals surface area contributed by atoms with Crippen molar-refractivity contribution in [2.75, 3.05) is 18.4 Å². The third-order valence-corrected chi connectivity index (χ3v) is 7.82. The number of likely N-dealkylation sites (tertiary alicyclic amines) is 1. The Kier molecular flexibility index (Phi) is 6.42. The van der Waals surface area contributed by atoms with Crippen LogP contribution < -0.4 is 5.32 Å². The van der Waals surface area contributed by atoms with Crippen LogP contribution in [0.1, 0.15) is 50.4 Å². The van der Waals surface area contributed by atoms with E-state index in [-0.39, 0.29) is 17.8 Å². The summed E-state index contributed by atoms with van der Waals surface area (Å²) >= 11 is 7.43. The van der Waals surface area contributed by atoms with E-state index in [4.69, 9.17) is 20.5 Å². The Bertz CT molecular complexity index is 1640. The number of hydrogen-bond donors (Lipinski definition) is 1. The van der Waals surface area contributed by atoms with Gasteiger partial charge in [-0.1, -0.05) is 47.1 Å². The number of aryl methyl sites for hydroxylation is 1. The van der Waals surface area contributed by atoms with Gasteiger partial charge in [0.1, 0.15) is 28.2 Å². The molecule has 0 unspecified atom stereocenters. The summed E-state index contributed by atoms with van der Waals surface area (Å²) in [4.78, 5) is 36.8. The van der Waals surface area contributed by atoms with Crippen LogP contribution in [0.25, 0.3) is 22.4 Å². The van der Waals surface area contributed by atoms with Crippen molar-refractivity contribution >= 4 is 51.9 Å². The number of thiazole rings is 1. The van der Waals surface area contributed by atoms with Gasteiger partial charge in [-0.3, -0.25) is 14.9 Å². The Labute approximate surface area is 226 Å². The highest BCUT2D eigenvalue weighted by molar-refractivity contribution is 7.10. The number of rotatable bonds is 5. The van der Waals surface area contributed by atoms with Crippen LogP contribution in [-0.4, -0.2) is 44.9 Å². The van der Waals surface area contributed by atoms with E-state index in [1.54, 1.807) is 30.5 Å². The number of carbonyl (C=O) groups excluding carboxylic acids is 2. The first-order chi connectivity index (χ1) is 18.5. The molecule has 6 rings (SSSR count). The molecule has 11 heteroatoms. The van der Waals surface area contributed by atoms with Gasteiger partial charge in [0.05, 0.1) is 5.01 Å². The normalized spacial score (nSPS) is 14.2. The smallest absolute Gasteiger partial charge is 0.302 e. The first-order valence-electron chi connectivity index (χ1n) is 12.1. The van der Waals surface area contributed by atoms with Crippen molar-refractivity contribution in [3.63, 3.8) is 0 Å². The quantitative estimate of drug-likeness (QED) is 0.279. The zero-order valence-electron chi connectivity index (χ0n) is 20.3. The summed E-state index contributed by atoms with van der Waals surface area (Å²) in [7, 11) is 0. The first kappa shape index (κ1) is 24.3. The Balaban J connectivity index is 1.10. The van der Waals surface area contributed by atoms with Gasteiger partial charge in [0.25, 0.3) is 11.8 Å². The number of carbonyl (C=O) groups is 2. The van der Waals surface area contributed by atoms with Crippen LogP contribution in [0.4, 0.5) is 6.01 Å². The molecule has 38 heavy (non-hydrogen) atoms. The maximum absolute atomic E-state index is 13.4. The number of aromatic nitrogens is 3. The number of anilines is 1. The van der Waals surface area contributed by atoms with Gasteiger partial charge >= 0.3 is 6.01 Å². The molecule has 5 aromatic rings. The molecule has 3 aromatic heterocycles. The molecular formula is C27H22ClN5O4S. The van der Waals surface area contributed by atoms with Gasteiger partial charge in [-0.05, 0) is 38.0 Å². The number of benzene rings is 2. The fourth-order valence-electron chi connectivity index (χ4n) is 4.60. The van der Waals surface area contributed by atoms with E-state index in [0.717, 1.165) is 23.4 Å². The molecule has 192 valence electrons. The van der Waals surface area contributed by atoms with E-state index in [1.807, 2.05) is 35.2 Å². The van der Waals surface area contributed by atoms with Gasteiger partial charge in [0.2, 0.25) is 0 Å². The highest BCUT2D eigenvalue weighted by atomic mass is 35.5. The van der Waals surface area contributed by atoms with Gasteiger partial charge < -0.3 is 13.8 Å². The molecule has 0 aliphatic carbocycles. The van der Waals surface area contributed by atoms with Crippen molar-refractivity contribution in [1.29, 1.82) is 0 Å². The summed E-state index contributed by atoms with van der Waals surface area (Å²) in [5, 5.41) is 9.94. The molecule has 9 nitrogen and oxygen atoms in total. The molecule has 1 saturated heterocycles. The lowest BCUT2D eigenvalue weighted by Gasteiger charge is -2.31. The molecule has 0 saturated carbocycles. The molecule has 2 aromatic carbocycles. The standard InChI is InChI=1S/C27H22ClN5O4S/c1-15-22(23(32-37-15)16-5-3-2-4-6-16)26(35)33-11-9-17(10-12-33)25-29-20(14-38-25)24(34)31-27-30-19-13-18(28)7-8-21(19)36-27/h2-8,13-14,17H,9-12H2,1H3,(H,30,31,34). The summed E-state index contributed by atoms with van der Waals surface area (Å²) in [6, 6.07) is 14.7. The number of amides is 2. The molecule has 1 fully saturated rings. The number of halogens is 1. The molecular weight excluding hydrogens is 526 g/mol. The Hall–Kier alpha value is -4.02. The van der Waals surface area contributed by atoms with Gasteiger partial charge in [-0.2, -0.15) is 4.98 Å². The third kappa shape index (κ3) is 4.68. The summed E-state index contributed by atoms with van der Waals surface area (Å²) in [5.74, 6) is 0.192. The maximum atomic E-state index is 13.4. The highest BCUT2D eigenvalue weighted by Crippen LogP contribution is 2.33. The zero-order chi connectivity index (χ0) is 26.2. The molecule has 0 radical (unpaired) electrons. The number of hydrogen-bond acceptors (Lipinski definition) is 8. The largest absolute Gasteiger partial charge is 0.423 e. The number of nitrogens with zero attached hydrogens (tertiary/aromatic N) is 4. The van der Waals surface area contributed by atoms with Gasteiger partial charge in [0, 0.05) is 35.0 Å². The fourth-order valence-corrected chi connectivity index (χ4v) is 5.74. The molecule has 1 N–H and O–H groups in total. The lowest BCUT2D eigenvalue weighted by molar-refractivity contribution is 0.0711. The van der Waals surface area contributed by atoms with Crippen LogP contribution in [0.5, 0.6) is 0 Å². The van der Waals surface area contributed by atoms with Crippen LogP contribution in [0.2, 0.25) is 5.02 Å². The Morgan fingerprint density at radius 2 is 1.89 bits per heavy atom. The first-order valence-corrected chi connectivity index (χ1v) is 13.4. The van der Waals surface area contributed by atoms with Crippen molar-refractivity contribution in [3.05, 3.63) is 81.0 Å². The van der Waals surface area contributed by atoms with E-state index in [0.29, 0.717) is 51.9 Å². The predicted octanol–water partition coefficient (Wildman–Crippen LogP) is 6.17. The van der Waals surface area contributed by atoms with Crippen LogP contribution in [-0.2, 0) is 0 Å². The molecule has 2 amide bonds. The van der Waals surface area contributed by atoms with Crippen LogP contribution in [0.3, 0.4) is 0 Å². The second kappa shape index (κ2) is 10.0. The van der Waals surface area contributed by atoms with E-state index in [9.17, 15) is 9.59 Å². The third-order valence-electron chi connectivity index (χ3n) is 6.58. The monoisotopic (exact) mass is 547 g/mol. The number of nitrogens with one attached hydrogen (secondary N) is 1. The van der Waals surface area contributed by atoms with Crippen molar-refractivity contribution in [2.45, 2.75) is 25.7 Å². The summed E-state index contributed by atoms with van der Waals surface area (Å²) in [5.41, 5.74) is 3.30. The number of fused-ring (bicyclic) bond motifs is 1.